The predicted molar refractivity (Wildman–Crippen MR) is 63.6 cm³/mol. The summed E-state index contributed by atoms with van der Waals surface area (Å²) in [7, 11) is 1.34. The molecule has 0 bridgehead atoms. The van der Waals surface area contributed by atoms with Crippen LogP contribution in [0.4, 0.5) is 5.69 Å². The number of likely N-dealkylation sites (N-methyl/N-ethyl adjacent to an activating group) is 1. The first-order valence-corrected chi connectivity index (χ1v) is 5.21. The second kappa shape index (κ2) is 4.06. The minimum absolute atomic E-state index is 0.0675. The highest BCUT2D eigenvalue weighted by atomic mass is 16.6. The van der Waals surface area contributed by atoms with Gasteiger partial charge in [-0.15, -0.1) is 0 Å². The van der Waals surface area contributed by atoms with Gasteiger partial charge < -0.3 is 0 Å². The third-order valence-corrected chi connectivity index (χ3v) is 2.77. The molecule has 0 saturated carbocycles. The highest BCUT2D eigenvalue weighted by Gasteiger charge is 2.32. The van der Waals surface area contributed by atoms with Gasteiger partial charge in [-0.3, -0.25) is 24.6 Å². The van der Waals surface area contributed by atoms with Crippen molar-refractivity contribution in [3.63, 3.8) is 0 Å². The number of carbonyl (C=O) groups excluding carboxylic acids is 2. The van der Waals surface area contributed by atoms with Crippen LogP contribution in [0, 0.1) is 17.0 Å². The predicted octanol–water partition coefficient (Wildman–Crippen LogP) is 1.29. The molecule has 1 aliphatic heterocycles. The van der Waals surface area contributed by atoms with Crippen LogP contribution in [0.25, 0.3) is 5.57 Å². The average molecular weight is 246 g/mol. The van der Waals surface area contributed by atoms with Crippen molar-refractivity contribution < 1.29 is 14.5 Å². The van der Waals surface area contributed by atoms with Gasteiger partial charge >= 0.3 is 0 Å². The molecule has 92 valence electrons. The van der Waals surface area contributed by atoms with E-state index >= 15 is 0 Å². The third kappa shape index (κ3) is 1.77. The fraction of sp³-hybridized carbons (Fsp3) is 0.167. The van der Waals surface area contributed by atoms with Gasteiger partial charge in [-0.1, -0.05) is 11.6 Å². The molecule has 2 rings (SSSR count). The van der Waals surface area contributed by atoms with E-state index < -0.39 is 16.7 Å². The molecule has 1 aromatic rings. The van der Waals surface area contributed by atoms with Gasteiger partial charge in [0.2, 0.25) is 0 Å². The molecular formula is C12H10N2O4. The number of nitrogens with zero attached hydrogens (tertiary/aromatic N) is 2. The number of imide groups is 1. The molecule has 1 aliphatic rings. The zero-order valence-electron chi connectivity index (χ0n) is 9.84. The molecule has 0 aromatic heterocycles. The van der Waals surface area contributed by atoms with E-state index in [0.717, 1.165) is 16.5 Å². The summed E-state index contributed by atoms with van der Waals surface area (Å²) in [4.78, 5) is 34.5. The highest BCUT2D eigenvalue weighted by molar-refractivity contribution is 6.33. The van der Waals surface area contributed by atoms with Crippen LogP contribution >= 0.6 is 0 Å². The van der Waals surface area contributed by atoms with E-state index in [1.807, 2.05) is 0 Å². The maximum absolute atomic E-state index is 11.8. The summed E-state index contributed by atoms with van der Waals surface area (Å²) in [6.07, 6.45) is 1.13. The molecule has 0 spiro atoms. The second-order valence-corrected chi connectivity index (χ2v) is 4.04. The molecule has 6 nitrogen and oxygen atoms in total. The molecule has 0 fully saturated rings. The van der Waals surface area contributed by atoms with Crippen molar-refractivity contribution in [2.45, 2.75) is 6.92 Å². The van der Waals surface area contributed by atoms with Gasteiger partial charge in [-0.05, 0) is 13.0 Å². The molecule has 1 heterocycles. The first-order chi connectivity index (χ1) is 8.41. The van der Waals surface area contributed by atoms with E-state index in [4.69, 9.17) is 0 Å². The Morgan fingerprint density at radius 2 is 1.94 bits per heavy atom. The summed E-state index contributed by atoms with van der Waals surface area (Å²) in [6.45, 7) is 1.76. The van der Waals surface area contributed by atoms with E-state index in [2.05, 4.69) is 0 Å². The maximum atomic E-state index is 11.8. The molecule has 0 aliphatic carbocycles. The number of carbonyl (C=O) groups is 2. The lowest BCUT2D eigenvalue weighted by atomic mass is 10.0. The van der Waals surface area contributed by atoms with E-state index in [-0.39, 0.29) is 16.8 Å². The minimum Gasteiger partial charge on any atom is -0.278 e. The molecular weight excluding hydrogens is 236 g/mol. The minimum atomic E-state index is -0.564. The van der Waals surface area contributed by atoms with Crippen LogP contribution in [-0.4, -0.2) is 28.7 Å². The number of nitro benzene ring substituents is 1. The first-order valence-electron chi connectivity index (χ1n) is 5.21. The number of aryl methyl sites for hydroxylation is 1. The molecule has 1 aromatic carbocycles. The van der Waals surface area contributed by atoms with Crippen LogP contribution in [0.2, 0.25) is 0 Å². The van der Waals surface area contributed by atoms with Crippen LogP contribution < -0.4 is 0 Å². The lowest BCUT2D eigenvalue weighted by molar-refractivity contribution is -0.385. The standard InChI is InChI=1S/C12H10N2O4/c1-7-3-4-10(14(17)18)8(5-7)9-6-11(15)13(2)12(9)16/h3-6H,1-2H3. The number of rotatable bonds is 2. The van der Waals surface area contributed by atoms with Gasteiger partial charge in [0, 0.05) is 19.2 Å². The third-order valence-electron chi connectivity index (χ3n) is 2.77. The van der Waals surface area contributed by atoms with Gasteiger partial charge in [0.05, 0.1) is 16.1 Å². The number of benzene rings is 1. The number of hydrogen-bond donors (Lipinski definition) is 0. The Bertz CT molecular complexity index is 604. The summed E-state index contributed by atoms with van der Waals surface area (Å²) in [6, 6.07) is 4.46. The Morgan fingerprint density at radius 3 is 2.44 bits per heavy atom. The quantitative estimate of drug-likeness (QED) is 0.447. The Hall–Kier alpha value is -2.50. The van der Waals surface area contributed by atoms with Crippen LogP contribution in [0.5, 0.6) is 0 Å². The summed E-state index contributed by atoms with van der Waals surface area (Å²) < 4.78 is 0. The summed E-state index contributed by atoms with van der Waals surface area (Å²) in [5, 5.41) is 10.9. The van der Waals surface area contributed by atoms with Crippen LogP contribution in [0.1, 0.15) is 11.1 Å². The second-order valence-electron chi connectivity index (χ2n) is 4.04. The molecule has 6 heteroatoms. The Kier molecular flexibility index (Phi) is 2.70. The number of hydrogen-bond acceptors (Lipinski definition) is 4. The molecule has 0 saturated heterocycles. The van der Waals surface area contributed by atoms with Crippen molar-refractivity contribution >= 4 is 23.1 Å². The summed E-state index contributed by atoms with van der Waals surface area (Å²) >= 11 is 0. The van der Waals surface area contributed by atoms with E-state index in [1.54, 1.807) is 13.0 Å². The Labute approximate surface area is 103 Å². The van der Waals surface area contributed by atoms with Crippen LogP contribution in [-0.2, 0) is 9.59 Å². The Balaban J connectivity index is 2.62. The van der Waals surface area contributed by atoms with Crippen molar-refractivity contribution in [2.75, 3.05) is 7.05 Å². The lowest BCUT2D eigenvalue weighted by Crippen LogP contribution is -2.25. The van der Waals surface area contributed by atoms with Gasteiger partial charge in [0.15, 0.2) is 0 Å². The largest absolute Gasteiger partial charge is 0.278 e. The number of nitro groups is 1. The first kappa shape index (κ1) is 12.0. The van der Waals surface area contributed by atoms with Gasteiger partial charge in [0.25, 0.3) is 17.5 Å². The monoisotopic (exact) mass is 246 g/mol. The highest BCUT2D eigenvalue weighted by Crippen LogP contribution is 2.30. The SMILES string of the molecule is Cc1ccc([N+](=O)[O-])c(C2=CC(=O)N(C)C2=O)c1. The molecule has 18 heavy (non-hydrogen) atoms. The molecule has 0 atom stereocenters. The van der Waals surface area contributed by atoms with Crippen LogP contribution in [0.15, 0.2) is 24.3 Å². The molecule has 2 amide bonds. The van der Waals surface area contributed by atoms with Crippen molar-refractivity contribution in [1.82, 2.24) is 4.90 Å². The van der Waals surface area contributed by atoms with Gasteiger partial charge in [-0.25, -0.2) is 0 Å². The Morgan fingerprint density at radius 1 is 1.28 bits per heavy atom. The van der Waals surface area contributed by atoms with Gasteiger partial charge in [-0.2, -0.15) is 0 Å². The smallest absolute Gasteiger partial charge is 0.277 e. The fourth-order valence-corrected chi connectivity index (χ4v) is 1.78. The van der Waals surface area contributed by atoms with Crippen molar-refractivity contribution in [3.8, 4) is 0 Å². The maximum Gasteiger partial charge on any atom is 0.277 e. The van der Waals surface area contributed by atoms with E-state index in [0.29, 0.717) is 0 Å². The lowest BCUT2D eigenvalue weighted by Gasteiger charge is -2.07. The van der Waals surface area contributed by atoms with Gasteiger partial charge in [0.1, 0.15) is 0 Å². The normalized spacial score (nSPS) is 15.0. The zero-order chi connectivity index (χ0) is 13.4. The number of amides is 2. The van der Waals surface area contributed by atoms with Crippen molar-refractivity contribution in [3.05, 3.63) is 45.5 Å². The van der Waals surface area contributed by atoms with Crippen LogP contribution in [0.3, 0.4) is 0 Å². The molecule has 0 radical (unpaired) electrons. The van der Waals surface area contributed by atoms with E-state index in [9.17, 15) is 19.7 Å². The van der Waals surface area contributed by atoms with Crippen molar-refractivity contribution in [1.29, 1.82) is 0 Å². The molecule has 0 N–H and O–H groups in total. The average Bonchev–Trinajstić information content (AvgIpc) is 2.56. The zero-order valence-corrected chi connectivity index (χ0v) is 9.84. The summed E-state index contributed by atoms with van der Waals surface area (Å²) in [5.74, 6) is -0.987. The fourth-order valence-electron chi connectivity index (χ4n) is 1.78. The topological polar surface area (TPSA) is 80.5 Å². The molecule has 0 unspecified atom stereocenters. The van der Waals surface area contributed by atoms with E-state index in [1.165, 1.54) is 19.2 Å². The summed E-state index contributed by atoms with van der Waals surface area (Å²) in [5.41, 5.74) is 0.857. The van der Waals surface area contributed by atoms with Crippen molar-refractivity contribution in [2.24, 2.45) is 0 Å².